The predicted octanol–water partition coefficient (Wildman–Crippen LogP) is 4.39. The standard InChI is InChI=1S/C13H11ClF3N3/c1-7-2-11(18)12(19-6-7)20-10-4-8(13(15,16)17)3-9(14)5-10/h2-6H,18H2,1H3,(H,19,20). The van der Waals surface area contributed by atoms with Gasteiger partial charge in [-0.2, -0.15) is 13.2 Å². The first-order valence-electron chi connectivity index (χ1n) is 5.62. The molecule has 106 valence electrons. The van der Waals surface area contributed by atoms with Crippen LogP contribution in [0.15, 0.2) is 30.5 Å². The van der Waals surface area contributed by atoms with Gasteiger partial charge in [-0.05, 0) is 36.8 Å². The van der Waals surface area contributed by atoms with Crippen molar-refractivity contribution in [1.29, 1.82) is 0 Å². The number of anilines is 3. The number of hydrogen-bond donors (Lipinski definition) is 2. The van der Waals surface area contributed by atoms with Gasteiger partial charge in [-0.25, -0.2) is 4.98 Å². The SMILES string of the molecule is Cc1cnc(Nc2cc(Cl)cc(C(F)(F)F)c2)c(N)c1. The lowest BCUT2D eigenvalue weighted by Crippen LogP contribution is -2.06. The monoisotopic (exact) mass is 301 g/mol. The van der Waals surface area contributed by atoms with Gasteiger partial charge in [0.05, 0.1) is 11.3 Å². The van der Waals surface area contributed by atoms with Gasteiger partial charge in [0.25, 0.3) is 0 Å². The van der Waals surface area contributed by atoms with Crippen LogP contribution in [0.1, 0.15) is 11.1 Å². The number of alkyl halides is 3. The third-order valence-electron chi connectivity index (χ3n) is 2.54. The first-order valence-corrected chi connectivity index (χ1v) is 6.00. The molecule has 0 saturated heterocycles. The van der Waals surface area contributed by atoms with E-state index < -0.39 is 11.7 Å². The number of aromatic nitrogens is 1. The van der Waals surface area contributed by atoms with Crippen molar-refractivity contribution in [2.75, 3.05) is 11.1 Å². The molecule has 2 rings (SSSR count). The van der Waals surface area contributed by atoms with E-state index in [9.17, 15) is 13.2 Å². The molecule has 0 aliphatic heterocycles. The van der Waals surface area contributed by atoms with Crippen molar-refractivity contribution in [3.63, 3.8) is 0 Å². The van der Waals surface area contributed by atoms with E-state index in [1.807, 2.05) is 6.92 Å². The highest BCUT2D eigenvalue weighted by atomic mass is 35.5. The number of hydrogen-bond acceptors (Lipinski definition) is 3. The van der Waals surface area contributed by atoms with Gasteiger partial charge in [-0.3, -0.25) is 0 Å². The third-order valence-corrected chi connectivity index (χ3v) is 2.76. The average molecular weight is 302 g/mol. The largest absolute Gasteiger partial charge is 0.416 e. The fourth-order valence-corrected chi connectivity index (χ4v) is 1.89. The minimum Gasteiger partial charge on any atom is -0.396 e. The van der Waals surface area contributed by atoms with Gasteiger partial charge in [-0.1, -0.05) is 11.6 Å². The molecule has 0 unspecified atom stereocenters. The lowest BCUT2D eigenvalue weighted by atomic mass is 10.2. The zero-order valence-electron chi connectivity index (χ0n) is 10.4. The Morgan fingerprint density at radius 3 is 2.50 bits per heavy atom. The van der Waals surface area contributed by atoms with Crippen molar-refractivity contribution in [3.05, 3.63) is 46.6 Å². The van der Waals surface area contributed by atoms with Crippen molar-refractivity contribution in [3.8, 4) is 0 Å². The van der Waals surface area contributed by atoms with E-state index in [2.05, 4.69) is 10.3 Å². The summed E-state index contributed by atoms with van der Waals surface area (Å²) in [5.74, 6) is 0.283. The van der Waals surface area contributed by atoms with Gasteiger partial charge >= 0.3 is 6.18 Å². The zero-order valence-corrected chi connectivity index (χ0v) is 11.2. The minimum absolute atomic E-state index is 0.0204. The summed E-state index contributed by atoms with van der Waals surface area (Å²) in [5.41, 5.74) is 6.29. The summed E-state index contributed by atoms with van der Waals surface area (Å²) in [6.45, 7) is 1.81. The second kappa shape index (κ2) is 5.20. The van der Waals surface area contributed by atoms with Crippen molar-refractivity contribution in [2.24, 2.45) is 0 Å². The number of pyridine rings is 1. The molecule has 0 bridgehead atoms. The van der Waals surface area contributed by atoms with Crippen LogP contribution in [0.3, 0.4) is 0 Å². The van der Waals surface area contributed by atoms with Gasteiger partial charge in [0.1, 0.15) is 0 Å². The van der Waals surface area contributed by atoms with Crippen LogP contribution in [0.25, 0.3) is 0 Å². The van der Waals surface area contributed by atoms with Crippen LogP contribution in [0.5, 0.6) is 0 Å². The Morgan fingerprint density at radius 2 is 1.90 bits per heavy atom. The Balaban J connectivity index is 2.36. The highest BCUT2D eigenvalue weighted by molar-refractivity contribution is 6.31. The predicted molar refractivity (Wildman–Crippen MR) is 73.1 cm³/mol. The fraction of sp³-hybridized carbons (Fsp3) is 0.154. The first-order chi connectivity index (χ1) is 9.25. The summed E-state index contributed by atoms with van der Waals surface area (Å²) in [6.07, 6.45) is -2.90. The van der Waals surface area contributed by atoms with E-state index in [1.54, 1.807) is 12.3 Å². The van der Waals surface area contributed by atoms with Gasteiger partial charge in [0, 0.05) is 16.9 Å². The smallest absolute Gasteiger partial charge is 0.396 e. The lowest BCUT2D eigenvalue weighted by Gasteiger charge is -2.12. The molecule has 0 amide bonds. The van der Waals surface area contributed by atoms with Gasteiger partial charge in [0.2, 0.25) is 0 Å². The van der Waals surface area contributed by atoms with Crippen LogP contribution in [0.2, 0.25) is 5.02 Å². The number of rotatable bonds is 2. The molecular weight excluding hydrogens is 291 g/mol. The van der Waals surface area contributed by atoms with Crippen molar-refractivity contribution >= 4 is 28.8 Å². The second-order valence-corrected chi connectivity index (χ2v) is 4.74. The quantitative estimate of drug-likeness (QED) is 0.865. The molecule has 1 aromatic carbocycles. The van der Waals surface area contributed by atoms with E-state index in [1.165, 1.54) is 6.07 Å². The molecule has 0 aliphatic carbocycles. The van der Waals surface area contributed by atoms with Crippen LogP contribution >= 0.6 is 11.6 Å². The topological polar surface area (TPSA) is 50.9 Å². The molecule has 2 aromatic rings. The summed E-state index contributed by atoms with van der Waals surface area (Å²) < 4.78 is 38.1. The fourth-order valence-electron chi connectivity index (χ4n) is 1.66. The molecule has 0 radical (unpaired) electrons. The van der Waals surface area contributed by atoms with Crippen LogP contribution in [0, 0.1) is 6.92 Å². The number of nitrogens with zero attached hydrogens (tertiary/aromatic N) is 1. The number of nitrogen functional groups attached to an aromatic ring is 1. The average Bonchev–Trinajstić information content (AvgIpc) is 2.31. The van der Waals surface area contributed by atoms with E-state index in [0.717, 1.165) is 17.7 Å². The maximum absolute atomic E-state index is 12.7. The summed E-state index contributed by atoms with van der Waals surface area (Å²) in [4.78, 5) is 4.03. The second-order valence-electron chi connectivity index (χ2n) is 4.30. The molecular formula is C13H11ClF3N3. The van der Waals surface area contributed by atoms with Crippen molar-refractivity contribution in [1.82, 2.24) is 4.98 Å². The number of nitrogens with two attached hydrogens (primary N) is 1. The van der Waals surface area contributed by atoms with Crippen LogP contribution in [-0.2, 0) is 6.18 Å². The van der Waals surface area contributed by atoms with Gasteiger partial charge < -0.3 is 11.1 Å². The summed E-state index contributed by atoms with van der Waals surface area (Å²) in [5, 5.41) is 2.71. The normalized spacial score (nSPS) is 11.4. The van der Waals surface area contributed by atoms with E-state index >= 15 is 0 Å². The molecule has 1 aromatic heterocycles. The Kier molecular flexibility index (Phi) is 3.76. The molecule has 0 spiro atoms. The summed E-state index contributed by atoms with van der Waals surface area (Å²) in [6, 6.07) is 4.86. The Hall–Kier alpha value is -1.95. The highest BCUT2D eigenvalue weighted by Crippen LogP contribution is 2.34. The molecule has 7 heteroatoms. The van der Waals surface area contributed by atoms with Gasteiger partial charge in [-0.15, -0.1) is 0 Å². The van der Waals surface area contributed by atoms with Crippen molar-refractivity contribution < 1.29 is 13.2 Å². The number of halogens is 4. The lowest BCUT2D eigenvalue weighted by molar-refractivity contribution is -0.137. The Bertz CT molecular complexity index is 641. The summed E-state index contributed by atoms with van der Waals surface area (Å²) >= 11 is 5.70. The van der Waals surface area contributed by atoms with Crippen LogP contribution < -0.4 is 11.1 Å². The third kappa shape index (κ3) is 3.33. The zero-order chi connectivity index (χ0) is 14.9. The van der Waals surface area contributed by atoms with Crippen LogP contribution in [-0.4, -0.2) is 4.98 Å². The summed E-state index contributed by atoms with van der Waals surface area (Å²) in [7, 11) is 0. The first kappa shape index (κ1) is 14.5. The molecule has 3 N–H and O–H groups in total. The van der Waals surface area contributed by atoms with E-state index in [4.69, 9.17) is 17.3 Å². The highest BCUT2D eigenvalue weighted by Gasteiger charge is 2.31. The minimum atomic E-state index is -4.46. The van der Waals surface area contributed by atoms with E-state index in [0.29, 0.717) is 5.69 Å². The van der Waals surface area contributed by atoms with Crippen molar-refractivity contribution in [2.45, 2.75) is 13.1 Å². The molecule has 0 fully saturated rings. The van der Waals surface area contributed by atoms with Crippen LogP contribution in [0.4, 0.5) is 30.4 Å². The maximum Gasteiger partial charge on any atom is 0.416 e. The molecule has 0 saturated carbocycles. The Morgan fingerprint density at radius 1 is 1.20 bits per heavy atom. The number of nitrogens with one attached hydrogen (secondary N) is 1. The molecule has 0 atom stereocenters. The maximum atomic E-state index is 12.7. The number of benzene rings is 1. The number of aryl methyl sites for hydroxylation is 1. The Labute approximate surface area is 118 Å². The molecule has 0 aliphatic rings. The van der Waals surface area contributed by atoms with E-state index in [-0.39, 0.29) is 16.5 Å². The van der Waals surface area contributed by atoms with Gasteiger partial charge in [0.15, 0.2) is 5.82 Å². The molecule has 1 heterocycles. The molecule has 3 nitrogen and oxygen atoms in total. The molecule has 20 heavy (non-hydrogen) atoms.